The quantitative estimate of drug-likeness (QED) is 0.852. The second-order valence-electron chi connectivity index (χ2n) is 4.79. The Hall–Kier alpha value is -3.09. The summed E-state index contributed by atoms with van der Waals surface area (Å²) < 4.78 is 0. The fourth-order valence-electron chi connectivity index (χ4n) is 2.38. The molecule has 4 heterocycles. The van der Waals surface area contributed by atoms with Gasteiger partial charge in [0.25, 0.3) is 5.91 Å². The van der Waals surface area contributed by atoms with Gasteiger partial charge < -0.3 is 10.7 Å². The summed E-state index contributed by atoms with van der Waals surface area (Å²) in [6.45, 7) is 0. The molecule has 2 aliphatic rings. The second-order valence-corrected chi connectivity index (χ2v) is 4.79. The number of allylic oxidation sites excluding steroid dienone is 1. The first-order valence-electron chi connectivity index (χ1n) is 6.38. The topological polar surface area (TPSA) is 109 Å². The van der Waals surface area contributed by atoms with E-state index in [9.17, 15) is 4.79 Å². The first-order valence-corrected chi connectivity index (χ1v) is 6.38. The molecule has 0 atom stereocenters. The normalized spacial score (nSPS) is 17.0. The summed E-state index contributed by atoms with van der Waals surface area (Å²) in [7, 11) is 0. The molecule has 2 aliphatic heterocycles. The summed E-state index contributed by atoms with van der Waals surface area (Å²) in [6, 6.07) is 3.87. The van der Waals surface area contributed by atoms with Gasteiger partial charge in [0.05, 0.1) is 11.4 Å². The van der Waals surface area contributed by atoms with Gasteiger partial charge in [-0.2, -0.15) is 5.10 Å². The number of nitrogens with two attached hydrogens (primary N) is 1. The van der Waals surface area contributed by atoms with Crippen molar-refractivity contribution < 1.29 is 4.79 Å². The van der Waals surface area contributed by atoms with Gasteiger partial charge >= 0.3 is 0 Å². The van der Waals surface area contributed by atoms with Gasteiger partial charge in [0, 0.05) is 41.5 Å². The van der Waals surface area contributed by atoms with Gasteiger partial charge in [0.2, 0.25) is 0 Å². The van der Waals surface area contributed by atoms with Crippen LogP contribution in [0.15, 0.2) is 51.5 Å². The standard InChI is InChI=1S/C14H10N6O/c15-14(21)12-4-10-8(6-18-12)13(20-19-10)11-3-9-7(5-17-11)1-2-16-9/h1-3,5-6,16H,4H2,(H2,15,21). The van der Waals surface area contributed by atoms with Crippen LogP contribution in [-0.4, -0.2) is 33.0 Å². The summed E-state index contributed by atoms with van der Waals surface area (Å²) in [5.41, 5.74) is 9.37. The average molecular weight is 278 g/mol. The fourth-order valence-corrected chi connectivity index (χ4v) is 2.38. The third-order valence-electron chi connectivity index (χ3n) is 3.48. The number of aromatic amines is 1. The zero-order valence-electron chi connectivity index (χ0n) is 10.9. The molecule has 102 valence electrons. The van der Waals surface area contributed by atoms with Gasteiger partial charge in [0.15, 0.2) is 0 Å². The Labute approximate surface area is 119 Å². The molecule has 3 N–H and O–H groups in total. The highest BCUT2D eigenvalue weighted by Crippen LogP contribution is 2.23. The van der Waals surface area contributed by atoms with E-state index in [0.29, 0.717) is 29.2 Å². The van der Waals surface area contributed by atoms with E-state index in [0.717, 1.165) is 16.5 Å². The molecule has 0 saturated heterocycles. The zero-order valence-corrected chi connectivity index (χ0v) is 10.9. The number of hydrogen-bond donors (Lipinski definition) is 2. The molecule has 1 amide bonds. The van der Waals surface area contributed by atoms with E-state index in [1.54, 1.807) is 12.4 Å². The molecule has 0 radical (unpaired) electrons. The van der Waals surface area contributed by atoms with Crippen molar-refractivity contribution in [3.05, 3.63) is 42.0 Å². The molecule has 2 aromatic heterocycles. The number of amides is 1. The number of nitrogens with zero attached hydrogens (tertiary/aromatic N) is 4. The fraction of sp³-hybridized carbons (Fsp3) is 0.0714. The minimum Gasteiger partial charge on any atom is -0.365 e. The second kappa shape index (κ2) is 4.20. The first-order chi connectivity index (χ1) is 10.2. The van der Waals surface area contributed by atoms with Crippen LogP contribution in [0.4, 0.5) is 0 Å². The van der Waals surface area contributed by atoms with Crippen molar-refractivity contribution in [1.29, 1.82) is 0 Å². The molecule has 21 heavy (non-hydrogen) atoms. The number of nitrogens with one attached hydrogen (secondary N) is 1. The van der Waals surface area contributed by atoms with Crippen LogP contribution in [0.3, 0.4) is 0 Å². The molecule has 4 rings (SSSR count). The van der Waals surface area contributed by atoms with Crippen LogP contribution in [0.1, 0.15) is 12.1 Å². The lowest BCUT2D eigenvalue weighted by molar-refractivity contribution is -0.112. The van der Waals surface area contributed by atoms with Crippen LogP contribution in [0.2, 0.25) is 0 Å². The molecule has 0 aliphatic carbocycles. The minimum absolute atomic E-state index is 0.293. The number of H-pyrrole nitrogens is 1. The third kappa shape index (κ3) is 1.78. The molecular formula is C14H10N6O. The third-order valence-corrected chi connectivity index (χ3v) is 3.48. The van der Waals surface area contributed by atoms with Gasteiger partial charge in [-0.25, -0.2) is 0 Å². The van der Waals surface area contributed by atoms with E-state index in [2.05, 4.69) is 25.2 Å². The van der Waals surface area contributed by atoms with E-state index < -0.39 is 5.91 Å². The smallest absolute Gasteiger partial charge is 0.263 e. The van der Waals surface area contributed by atoms with Gasteiger partial charge in [-0.1, -0.05) is 0 Å². The molecule has 7 heteroatoms. The Balaban J connectivity index is 1.76. The number of fused-ring (bicyclic) bond motifs is 2. The van der Waals surface area contributed by atoms with Crippen molar-refractivity contribution in [3.8, 4) is 0 Å². The maximum absolute atomic E-state index is 11.2. The van der Waals surface area contributed by atoms with Crippen molar-refractivity contribution in [2.75, 3.05) is 0 Å². The van der Waals surface area contributed by atoms with Gasteiger partial charge in [-0.3, -0.25) is 14.8 Å². The molecule has 0 spiro atoms. The van der Waals surface area contributed by atoms with Crippen molar-refractivity contribution in [1.82, 2.24) is 9.97 Å². The zero-order chi connectivity index (χ0) is 14.4. The number of primary amides is 1. The van der Waals surface area contributed by atoms with Crippen molar-refractivity contribution in [2.24, 2.45) is 20.9 Å². The molecule has 0 aromatic carbocycles. The molecule has 7 nitrogen and oxygen atoms in total. The minimum atomic E-state index is -0.535. The number of carbonyl (C=O) groups excluding carboxylic acids is 1. The number of rotatable bonds is 2. The predicted molar refractivity (Wildman–Crippen MR) is 79.4 cm³/mol. The van der Waals surface area contributed by atoms with Crippen molar-refractivity contribution >= 4 is 33.9 Å². The van der Waals surface area contributed by atoms with Gasteiger partial charge in [-0.05, 0) is 12.1 Å². The summed E-state index contributed by atoms with van der Waals surface area (Å²) in [6.07, 6.45) is 5.52. The summed E-state index contributed by atoms with van der Waals surface area (Å²) in [5.74, 6) is -0.535. The summed E-state index contributed by atoms with van der Waals surface area (Å²) in [4.78, 5) is 22.8. The van der Waals surface area contributed by atoms with E-state index in [1.807, 2.05) is 18.3 Å². The highest BCUT2D eigenvalue weighted by atomic mass is 16.1. The molecule has 0 saturated carbocycles. The Morgan fingerprint density at radius 1 is 1.33 bits per heavy atom. The predicted octanol–water partition coefficient (Wildman–Crippen LogP) is 0.935. The lowest BCUT2D eigenvalue weighted by atomic mass is 9.97. The van der Waals surface area contributed by atoms with E-state index in [4.69, 9.17) is 5.73 Å². The van der Waals surface area contributed by atoms with Crippen LogP contribution in [0.25, 0.3) is 10.9 Å². The first kappa shape index (κ1) is 11.7. The molecule has 0 bridgehead atoms. The largest absolute Gasteiger partial charge is 0.365 e. The lowest BCUT2D eigenvalue weighted by Crippen LogP contribution is -2.28. The SMILES string of the molecule is NC(=O)C1=NC=C2C(=NN=C2c2cc3[nH]ccc3cn2)C1. The van der Waals surface area contributed by atoms with Crippen LogP contribution >= 0.6 is 0 Å². The molecular weight excluding hydrogens is 268 g/mol. The van der Waals surface area contributed by atoms with Gasteiger partial charge in [-0.15, -0.1) is 5.10 Å². The van der Waals surface area contributed by atoms with E-state index >= 15 is 0 Å². The number of carbonyl (C=O) groups is 1. The lowest BCUT2D eigenvalue weighted by Gasteiger charge is -2.10. The number of hydrogen-bond acceptors (Lipinski definition) is 5. The van der Waals surface area contributed by atoms with Crippen LogP contribution in [-0.2, 0) is 4.79 Å². The number of pyridine rings is 1. The monoisotopic (exact) mass is 278 g/mol. The van der Waals surface area contributed by atoms with Crippen LogP contribution in [0.5, 0.6) is 0 Å². The van der Waals surface area contributed by atoms with Crippen molar-refractivity contribution in [2.45, 2.75) is 6.42 Å². The van der Waals surface area contributed by atoms with Gasteiger partial charge in [0.1, 0.15) is 11.4 Å². The Kier molecular flexibility index (Phi) is 2.34. The van der Waals surface area contributed by atoms with E-state index in [-0.39, 0.29) is 0 Å². The number of aliphatic imine (C=N–C) groups is 1. The van der Waals surface area contributed by atoms with Crippen molar-refractivity contribution in [3.63, 3.8) is 0 Å². The molecule has 2 aromatic rings. The summed E-state index contributed by atoms with van der Waals surface area (Å²) in [5, 5.41) is 9.32. The maximum atomic E-state index is 11.2. The summed E-state index contributed by atoms with van der Waals surface area (Å²) >= 11 is 0. The molecule has 0 fully saturated rings. The number of aromatic nitrogens is 2. The van der Waals surface area contributed by atoms with E-state index in [1.165, 1.54) is 0 Å². The van der Waals surface area contributed by atoms with Crippen LogP contribution in [0, 0.1) is 0 Å². The Morgan fingerprint density at radius 2 is 2.24 bits per heavy atom. The highest BCUT2D eigenvalue weighted by molar-refractivity contribution is 6.47. The van der Waals surface area contributed by atoms with Crippen LogP contribution < -0.4 is 5.73 Å². The average Bonchev–Trinajstić information content (AvgIpc) is 3.12. The molecule has 0 unspecified atom stereocenters. The Morgan fingerprint density at radius 3 is 3.10 bits per heavy atom. The highest BCUT2D eigenvalue weighted by Gasteiger charge is 2.27. The maximum Gasteiger partial charge on any atom is 0.263 e. The Bertz CT molecular complexity index is 899.